The van der Waals surface area contributed by atoms with E-state index in [9.17, 15) is 9.59 Å². The van der Waals surface area contributed by atoms with E-state index in [1.807, 2.05) is 11.8 Å². The number of hydrogen-bond acceptors (Lipinski definition) is 7. The summed E-state index contributed by atoms with van der Waals surface area (Å²) < 4.78 is 20.8. The standard InChI is InChI=1S/C17H24N2O6/c1-5-19-6-7-25-17(21)12(19)10-15(20)18-11-8-13(22-2)16(24-4)14(9-11)23-3/h8-9,12H,5-7,10H2,1-4H3,(H,18,20)/t12-/m1/s1. The maximum atomic E-state index is 12.4. The molecule has 138 valence electrons. The summed E-state index contributed by atoms with van der Waals surface area (Å²) in [4.78, 5) is 26.2. The van der Waals surface area contributed by atoms with Gasteiger partial charge in [0.25, 0.3) is 0 Å². The second-order valence-corrected chi connectivity index (χ2v) is 5.48. The number of esters is 1. The largest absolute Gasteiger partial charge is 0.493 e. The van der Waals surface area contributed by atoms with Gasteiger partial charge >= 0.3 is 5.97 Å². The Labute approximate surface area is 147 Å². The zero-order chi connectivity index (χ0) is 18.4. The lowest BCUT2D eigenvalue weighted by molar-refractivity contribution is -0.158. The predicted molar refractivity (Wildman–Crippen MR) is 91.3 cm³/mol. The molecular formula is C17H24N2O6. The number of carbonyl (C=O) groups excluding carboxylic acids is 2. The Morgan fingerprint density at radius 1 is 1.24 bits per heavy atom. The first-order chi connectivity index (χ1) is 12.0. The summed E-state index contributed by atoms with van der Waals surface area (Å²) in [5, 5.41) is 2.77. The first-order valence-electron chi connectivity index (χ1n) is 8.04. The van der Waals surface area contributed by atoms with Gasteiger partial charge < -0.3 is 24.3 Å². The predicted octanol–water partition coefficient (Wildman–Crippen LogP) is 1.29. The molecule has 25 heavy (non-hydrogen) atoms. The molecule has 1 saturated heterocycles. The van der Waals surface area contributed by atoms with Crippen molar-refractivity contribution in [3.63, 3.8) is 0 Å². The van der Waals surface area contributed by atoms with E-state index in [4.69, 9.17) is 18.9 Å². The number of morpholine rings is 1. The van der Waals surface area contributed by atoms with Gasteiger partial charge in [0.15, 0.2) is 11.5 Å². The number of anilines is 1. The number of amides is 1. The molecule has 8 nitrogen and oxygen atoms in total. The summed E-state index contributed by atoms with van der Waals surface area (Å²) in [7, 11) is 4.51. The highest BCUT2D eigenvalue weighted by Crippen LogP contribution is 2.39. The smallest absolute Gasteiger partial charge is 0.323 e. The lowest BCUT2D eigenvalue weighted by Gasteiger charge is -2.32. The molecule has 0 aromatic heterocycles. The van der Waals surface area contributed by atoms with Crippen molar-refractivity contribution in [3.05, 3.63) is 12.1 Å². The molecule has 0 spiro atoms. The zero-order valence-corrected chi connectivity index (χ0v) is 15.0. The van der Waals surface area contributed by atoms with Crippen LogP contribution in [0.3, 0.4) is 0 Å². The van der Waals surface area contributed by atoms with Gasteiger partial charge in [-0.1, -0.05) is 6.92 Å². The van der Waals surface area contributed by atoms with Gasteiger partial charge in [0, 0.05) is 24.4 Å². The zero-order valence-electron chi connectivity index (χ0n) is 15.0. The fourth-order valence-electron chi connectivity index (χ4n) is 2.80. The average Bonchev–Trinajstić information content (AvgIpc) is 2.62. The fraction of sp³-hybridized carbons (Fsp3) is 0.529. The van der Waals surface area contributed by atoms with Crippen LogP contribution in [0.1, 0.15) is 13.3 Å². The van der Waals surface area contributed by atoms with E-state index < -0.39 is 6.04 Å². The van der Waals surface area contributed by atoms with Crippen LogP contribution in [-0.2, 0) is 14.3 Å². The number of carbonyl (C=O) groups is 2. The monoisotopic (exact) mass is 352 g/mol. The van der Waals surface area contributed by atoms with Crippen molar-refractivity contribution in [1.29, 1.82) is 0 Å². The van der Waals surface area contributed by atoms with Crippen molar-refractivity contribution in [3.8, 4) is 17.2 Å². The molecule has 1 aliphatic heterocycles. The highest BCUT2D eigenvalue weighted by Gasteiger charge is 2.32. The van der Waals surface area contributed by atoms with Gasteiger partial charge in [-0.05, 0) is 6.54 Å². The number of nitrogens with zero attached hydrogens (tertiary/aromatic N) is 1. The van der Waals surface area contributed by atoms with Gasteiger partial charge in [-0.3, -0.25) is 14.5 Å². The van der Waals surface area contributed by atoms with Crippen molar-refractivity contribution < 1.29 is 28.5 Å². The van der Waals surface area contributed by atoms with Crippen molar-refractivity contribution >= 4 is 17.6 Å². The molecule has 8 heteroatoms. The summed E-state index contributed by atoms with van der Waals surface area (Å²) in [5.41, 5.74) is 0.492. The summed E-state index contributed by atoms with van der Waals surface area (Å²) in [6, 6.07) is 2.70. The third-order valence-electron chi connectivity index (χ3n) is 4.07. The van der Waals surface area contributed by atoms with Crippen LogP contribution in [0.15, 0.2) is 12.1 Å². The normalized spacial score (nSPS) is 17.6. The second-order valence-electron chi connectivity index (χ2n) is 5.48. The molecule has 0 bridgehead atoms. The fourth-order valence-corrected chi connectivity index (χ4v) is 2.80. The first-order valence-corrected chi connectivity index (χ1v) is 8.04. The highest BCUT2D eigenvalue weighted by atomic mass is 16.5. The molecule has 0 aliphatic carbocycles. The van der Waals surface area contributed by atoms with Crippen LogP contribution in [0.2, 0.25) is 0 Å². The molecule has 2 rings (SSSR count). The van der Waals surface area contributed by atoms with Crippen LogP contribution >= 0.6 is 0 Å². The minimum Gasteiger partial charge on any atom is -0.493 e. The molecule has 0 unspecified atom stereocenters. The van der Waals surface area contributed by atoms with Gasteiger partial charge in [-0.15, -0.1) is 0 Å². The van der Waals surface area contributed by atoms with Crippen LogP contribution in [0, 0.1) is 0 Å². The van der Waals surface area contributed by atoms with Crippen molar-refractivity contribution in [1.82, 2.24) is 4.90 Å². The molecule has 0 radical (unpaired) electrons. The Bertz CT molecular complexity index is 609. The molecule has 0 saturated carbocycles. The van der Waals surface area contributed by atoms with Crippen molar-refractivity contribution in [2.75, 3.05) is 46.3 Å². The lowest BCUT2D eigenvalue weighted by atomic mass is 10.1. The Morgan fingerprint density at radius 2 is 1.88 bits per heavy atom. The molecule has 1 aromatic rings. The third-order valence-corrected chi connectivity index (χ3v) is 4.07. The lowest BCUT2D eigenvalue weighted by Crippen LogP contribution is -2.50. The van der Waals surface area contributed by atoms with Gasteiger partial charge in [-0.25, -0.2) is 0 Å². The van der Waals surface area contributed by atoms with E-state index >= 15 is 0 Å². The van der Waals surface area contributed by atoms with Gasteiger partial charge in [0.05, 0.1) is 27.8 Å². The quantitative estimate of drug-likeness (QED) is 0.740. The third kappa shape index (κ3) is 4.33. The highest BCUT2D eigenvalue weighted by molar-refractivity contribution is 5.95. The van der Waals surface area contributed by atoms with E-state index in [1.54, 1.807) is 12.1 Å². The number of rotatable bonds is 7. The topological polar surface area (TPSA) is 86.3 Å². The average molecular weight is 352 g/mol. The Hall–Kier alpha value is -2.48. The Kier molecular flexibility index (Phi) is 6.46. The van der Waals surface area contributed by atoms with Gasteiger partial charge in [-0.2, -0.15) is 0 Å². The van der Waals surface area contributed by atoms with Crippen molar-refractivity contribution in [2.24, 2.45) is 0 Å². The molecule has 1 aliphatic rings. The number of nitrogens with one attached hydrogen (secondary N) is 1. The number of hydrogen-bond donors (Lipinski definition) is 1. The molecule has 1 atom stereocenters. The Morgan fingerprint density at radius 3 is 2.40 bits per heavy atom. The first kappa shape index (κ1) is 18.9. The number of benzene rings is 1. The van der Waals surface area contributed by atoms with Crippen LogP contribution in [0.4, 0.5) is 5.69 Å². The molecule has 1 amide bonds. The minimum atomic E-state index is -0.569. The molecule has 1 N–H and O–H groups in total. The van der Waals surface area contributed by atoms with E-state index in [0.29, 0.717) is 42.6 Å². The maximum Gasteiger partial charge on any atom is 0.323 e. The number of methoxy groups -OCH3 is 3. The SMILES string of the molecule is CCN1CCOC(=O)[C@H]1CC(=O)Nc1cc(OC)c(OC)c(OC)c1. The van der Waals surface area contributed by atoms with Gasteiger partial charge in [0.1, 0.15) is 12.6 Å². The maximum absolute atomic E-state index is 12.4. The molecular weight excluding hydrogens is 328 g/mol. The molecule has 1 aromatic carbocycles. The number of cyclic esters (lactones) is 1. The summed E-state index contributed by atoms with van der Waals surface area (Å²) in [6.45, 7) is 3.61. The van der Waals surface area contributed by atoms with E-state index in [-0.39, 0.29) is 18.3 Å². The van der Waals surface area contributed by atoms with Crippen LogP contribution in [0.5, 0.6) is 17.2 Å². The molecule has 1 fully saturated rings. The van der Waals surface area contributed by atoms with Crippen LogP contribution in [0.25, 0.3) is 0 Å². The van der Waals surface area contributed by atoms with Crippen molar-refractivity contribution in [2.45, 2.75) is 19.4 Å². The summed E-state index contributed by atoms with van der Waals surface area (Å²) in [6.07, 6.45) is 0.0172. The number of ether oxygens (including phenoxy) is 4. The van der Waals surface area contributed by atoms with E-state index in [0.717, 1.165) is 0 Å². The molecule has 1 heterocycles. The van der Waals surface area contributed by atoms with Crippen LogP contribution < -0.4 is 19.5 Å². The van der Waals surface area contributed by atoms with Crippen LogP contribution in [-0.4, -0.2) is 63.8 Å². The second kappa shape index (κ2) is 8.57. The Balaban J connectivity index is 2.13. The van der Waals surface area contributed by atoms with Gasteiger partial charge in [0.2, 0.25) is 11.7 Å². The number of likely N-dealkylation sites (N-methyl/N-ethyl adjacent to an activating group) is 1. The minimum absolute atomic E-state index is 0.0172. The van der Waals surface area contributed by atoms with E-state index in [2.05, 4.69) is 5.32 Å². The van der Waals surface area contributed by atoms with E-state index in [1.165, 1.54) is 21.3 Å². The summed E-state index contributed by atoms with van der Waals surface area (Å²) in [5.74, 6) is 0.648. The summed E-state index contributed by atoms with van der Waals surface area (Å²) >= 11 is 0.